The van der Waals surface area contributed by atoms with Crippen LogP contribution in [0, 0.1) is 6.92 Å². The molecule has 0 bridgehead atoms. The van der Waals surface area contributed by atoms with Gasteiger partial charge in [0, 0.05) is 5.56 Å². The highest BCUT2D eigenvalue weighted by Gasteiger charge is 2.12. The molecule has 5 rings (SSSR count). The Morgan fingerprint density at radius 2 is 1.70 bits per heavy atom. The number of hydrogen-bond acceptors (Lipinski definition) is 4. The molecule has 5 aromatic rings. The number of nitrogens with zero attached hydrogens (tertiary/aromatic N) is 4. The van der Waals surface area contributed by atoms with E-state index in [-0.39, 0.29) is 11.2 Å². The largest absolute Gasteiger partial charge is 0.338 e. The van der Waals surface area contributed by atoms with Crippen molar-refractivity contribution in [3.8, 4) is 17.1 Å². The maximum absolute atomic E-state index is 12.8. The van der Waals surface area contributed by atoms with E-state index in [4.69, 9.17) is 0 Å². The molecule has 0 spiro atoms. The van der Waals surface area contributed by atoms with E-state index in [1.54, 1.807) is 6.92 Å². The lowest BCUT2D eigenvalue weighted by Crippen LogP contribution is -2.13. The fraction of sp³-hybridized carbons (Fsp3) is 0.0435. The summed E-state index contributed by atoms with van der Waals surface area (Å²) < 4.78 is 1.47. The van der Waals surface area contributed by atoms with Gasteiger partial charge in [-0.2, -0.15) is 5.11 Å². The molecule has 0 unspecified atom stereocenters. The summed E-state index contributed by atoms with van der Waals surface area (Å²) in [6, 6.07) is 24.8. The van der Waals surface area contributed by atoms with E-state index < -0.39 is 0 Å². The van der Waals surface area contributed by atoms with E-state index in [0.717, 1.165) is 28.1 Å². The smallest absolute Gasteiger partial charge is 0.299 e. The maximum Gasteiger partial charge on any atom is 0.299 e. The Labute approximate surface area is 171 Å². The van der Waals surface area contributed by atoms with Crippen LogP contribution in [0.1, 0.15) is 5.69 Å². The number of fused-ring (bicyclic) bond motifs is 1. The predicted molar refractivity (Wildman–Crippen MR) is 117 cm³/mol. The van der Waals surface area contributed by atoms with Gasteiger partial charge in [0.2, 0.25) is 0 Å². The SMILES string of the molecule is Cc1[nH]n(-c2ccccc2)c(=O)c1N=Nc1cccc(-c2nc3ccccc3[nH]2)c1. The van der Waals surface area contributed by atoms with Gasteiger partial charge in [-0.05, 0) is 43.3 Å². The average molecular weight is 394 g/mol. The Morgan fingerprint density at radius 3 is 2.53 bits per heavy atom. The van der Waals surface area contributed by atoms with Crippen molar-refractivity contribution in [2.45, 2.75) is 6.92 Å². The molecule has 2 aromatic heterocycles. The van der Waals surface area contributed by atoms with Gasteiger partial charge in [0.05, 0.1) is 28.1 Å². The molecule has 3 aromatic carbocycles. The minimum atomic E-state index is -0.240. The standard InChI is InChI=1S/C23H18N6O/c1-15-21(23(30)29(28-15)18-10-3-2-4-11-18)27-26-17-9-7-8-16(14-17)22-24-19-12-5-6-13-20(19)25-22/h2-14,28H,1H3,(H,24,25). The first kappa shape index (κ1) is 17.8. The molecule has 146 valence electrons. The molecule has 0 atom stereocenters. The molecule has 7 heteroatoms. The van der Waals surface area contributed by atoms with Crippen LogP contribution < -0.4 is 5.56 Å². The number of H-pyrrole nitrogens is 2. The van der Waals surface area contributed by atoms with Crippen molar-refractivity contribution in [3.63, 3.8) is 0 Å². The third-order valence-electron chi connectivity index (χ3n) is 4.83. The number of aromatic nitrogens is 4. The molecule has 2 N–H and O–H groups in total. The summed E-state index contributed by atoms with van der Waals surface area (Å²) >= 11 is 0. The Bertz CT molecular complexity index is 1390. The zero-order valence-electron chi connectivity index (χ0n) is 16.2. The monoisotopic (exact) mass is 394 g/mol. The molecule has 0 aliphatic heterocycles. The minimum absolute atomic E-state index is 0.240. The molecule has 30 heavy (non-hydrogen) atoms. The lowest BCUT2D eigenvalue weighted by Gasteiger charge is -1.99. The number of para-hydroxylation sites is 3. The fourth-order valence-electron chi connectivity index (χ4n) is 3.33. The van der Waals surface area contributed by atoms with Gasteiger partial charge in [0.15, 0.2) is 5.69 Å². The molecule has 7 nitrogen and oxygen atoms in total. The summed E-state index contributed by atoms with van der Waals surface area (Å²) in [5, 5.41) is 11.6. The first-order valence-electron chi connectivity index (χ1n) is 9.53. The van der Waals surface area contributed by atoms with Crippen LogP contribution in [-0.4, -0.2) is 19.7 Å². The molecule has 0 saturated heterocycles. The first-order chi connectivity index (χ1) is 14.7. The minimum Gasteiger partial charge on any atom is -0.338 e. The Kier molecular flexibility index (Phi) is 4.33. The van der Waals surface area contributed by atoms with Crippen molar-refractivity contribution < 1.29 is 0 Å². The second-order valence-electron chi connectivity index (χ2n) is 6.91. The highest BCUT2D eigenvalue weighted by atomic mass is 16.1. The molecular weight excluding hydrogens is 376 g/mol. The summed E-state index contributed by atoms with van der Waals surface area (Å²) in [7, 11) is 0. The molecule has 0 fully saturated rings. The molecule has 0 aliphatic rings. The van der Waals surface area contributed by atoms with Gasteiger partial charge in [0.1, 0.15) is 5.82 Å². The predicted octanol–water partition coefficient (Wildman–Crippen LogP) is 5.43. The second kappa shape index (κ2) is 7.29. The Balaban J connectivity index is 1.47. The average Bonchev–Trinajstić information content (AvgIpc) is 3.34. The van der Waals surface area contributed by atoms with Crippen LogP contribution in [0.3, 0.4) is 0 Å². The van der Waals surface area contributed by atoms with Crippen LogP contribution in [0.4, 0.5) is 11.4 Å². The van der Waals surface area contributed by atoms with Crippen molar-refractivity contribution in [3.05, 3.63) is 94.9 Å². The number of azo groups is 1. The normalized spacial score (nSPS) is 11.5. The van der Waals surface area contributed by atoms with Gasteiger partial charge in [-0.25, -0.2) is 9.67 Å². The topological polar surface area (TPSA) is 91.2 Å². The third kappa shape index (κ3) is 3.22. The van der Waals surface area contributed by atoms with Crippen LogP contribution in [-0.2, 0) is 0 Å². The quantitative estimate of drug-likeness (QED) is 0.398. The van der Waals surface area contributed by atoms with Crippen molar-refractivity contribution >= 4 is 22.4 Å². The molecule has 0 radical (unpaired) electrons. The summed E-state index contributed by atoms with van der Waals surface area (Å²) in [5.41, 5.74) is 4.87. The van der Waals surface area contributed by atoms with Crippen molar-refractivity contribution in [1.82, 2.24) is 19.7 Å². The lowest BCUT2D eigenvalue weighted by atomic mass is 10.2. The number of aromatic amines is 2. The summed E-state index contributed by atoms with van der Waals surface area (Å²) in [5.74, 6) is 0.762. The Morgan fingerprint density at radius 1 is 0.900 bits per heavy atom. The molecule has 0 aliphatic carbocycles. The number of benzene rings is 3. The van der Waals surface area contributed by atoms with Crippen molar-refractivity contribution in [2.24, 2.45) is 10.2 Å². The van der Waals surface area contributed by atoms with Gasteiger partial charge in [-0.15, -0.1) is 5.11 Å². The highest BCUT2D eigenvalue weighted by molar-refractivity contribution is 5.79. The van der Waals surface area contributed by atoms with Crippen molar-refractivity contribution in [2.75, 3.05) is 0 Å². The lowest BCUT2D eigenvalue weighted by molar-refractivity contribution is 0.835. The molecule has 0 amide bonds. The van der Waals surface area contributed by atoms with E-state index in [1.165, 1.54) is 4.68 Å². The first-order valence-corrected chi connectivity index (χ1v) is 9.53. The number of rotatable bonds is 4. The van der Waals surface area contributed by atoms with Crippen LogP contribution in [0.2, 0.25) is 0 Å². The maximum atomic E-state index is 12.8. The number of nitrogens with one attached hydrogen (secondary N) is 2. The number of imidazole rings is 1. The van der Waals surface area contributed by atoms with Crippen molar-refractivity contribution in [1.29, 1.82) is 0 Å². The van der Waals surface area contributed by atoms with Crippen LogP contribution in [0.5, 0.6) is 0 Å². The summed E-state index contributed by atoms with van der Waals surface area (Å²) in [6.45, 7) is 1.81. The van der Waals surface area contributed by atoms with Crippen LogP contribution >= 0.6 is 0 Å². The van der Waals surface area contributed by atoms with Crippen LogP contribution in [0.15, 0.2) is 93.9 Å². The van der Waals surface area contributed by atoms with E-state index >= 15 is 0 Å². The highest BCUT2D eigenvalue weighted by Crippen LogP contribution is 2.25. The summed E-state index contributed by atoms with van der Waals surface area (Å²) in [4.78, 5) is 20.7. The number of aryl methyl sites for hydroxylation is 1. The molecule has 0 saturated carbocycles. The molecule has 2 heterocycles. The van der Waals surface area contributed by atoms with E-state index in [0.29, 0.717) is 11.4 Å². The van der Waals surface area contributed by atoms with Crippen LogP contribution in [0.25, 0.3) is 28.1 Å². The zero-order valence-corrected chi connectivity index (χ0v) is 16.2. The van der Waals surface area contributed by atoms with E-state index in [2.05, 4.69) is 25.3 Å². The van der Waals surface area contributed by atoms with Gasteiger partial charge >= 0.3 is 0 Å². The fourth-order valence-corrected chi connectivity index (χ4v) is 3.33. The van der Waals surface area contributed by atoms with E-state index in [1.807, 2.05) is 78.9 Å². The second-order valence-corrected chi connectivity index (χ2v) is 6.91. The Hall–Kier alpha value is -4.26. The zero-order chi connectivity index (χ0) is 20.5. The van der Waals surface area contributed by atoms with Gasteiger partial charge in [-0.1, -0.05) is 42.5 Å². The van der Waals surface area contributed by atoms with Gasteiger partial charge < -0.3 is 4.98 Å². The van der Waals surface area contributed by atoms with E-state index in [9.17, 15) is 4.79 Å². The molecular formula is C23H18N6O. The van der Waals surface area contributed by atoms with Gasteiger partial charge in [0.25, 0.3) is 5.56 Å². The number of hydrogen-bond donors (Lipinski definition) is 2. The summed E-state index contributed by atoms with van der Waals surface area (Å²) in [6.07, 6.45) is 0. The van der Waals surface area contributed by atoms with Gasteiger partial charge in [-0.3, -0.25) is 9.89 Å². The third-order valence-corrected chi connectivity index (χ3v) is 4.83.